The molecule has 1 unspecified atom stereocenters. The van der Waals surface area contributed by atoms with Gasteiger partial charge in [-0.2, -0.15) is 0 Å². The molecule has 0 bridgehead atoms. The molecule has 1 heterocycles. The number of hydrogen-bond acceptors (Lipinski definition) is 2. The quantitative estimate of drug-likeness (QED) is 0.268. The average molecular weight is 392 g/mol. The van der Waals surface area contributed by atoms with Gasteiger partial charge in [-0.3, -0.25) is 4.79 Å². The van der Waals surface area contributed by atoms with Crippen molar-refractivity contribution < 1.29 is 9.53 Å². The lowest BCUT2D eigenvalue weighted by Crippen LogP contribution is -2.12. The summed E-state index contributed by atoms with van der Waals surface area (Å²) in [6.07, 6.45) is 5.86. The fourth-order valence-corrected chi connectivity index (χ4v) is 4.10. The first-order valence-corrected chi connectivity index (χ1v) is 10.9. The van der Waals surface area contributed by atoms with Crippen molar-refractivity contribution in [1.29, 1.82) is 0 Å². The molecule has 29 heavy (non-hydrogen) atoms. The SMILES string of the molecule is CCCCCCOCCC(C)n1c(C)c(C(=O)c2ccccc2)c2ccccc21. The van der Waals surface area contributed by atoms with Crippen LogP contribution in [-0.4, -0.2) is 23.6 Å². The van der Waals surface area contributed by atoms with Crippen LogP contribution in [0.3, 0.4) is 0 Å². The molecule has 0 saturated carbocycles. The molecule has 3 aromatic rings. The number of rotatable bonds is 11. The summed E-state index contributed by atoms with van der Waals surface area (Å²) in [5, 5.41) is 1.03. The van der Waals surface area contributed by atoms with Crippen LogP contribution in [0, 0.1) is 6.92 Å². The fourth-order valence-electron chi connectivity index (χ4n) is 4.10. The highest BCUT2D eigenvalue weighted by Gasteiger charge is 2.22. The summed E-state index contributed by atoms with van der Waals surface area (Å²) in [7, 11) is 0. The minimum Gasteiger partial charge on any atom is -0.381 e. The molecule has 0 aliphatic heterocycles. The predicted octanol–water partition coefficient (Wildman–Crippen LogP) is 6.73. The molecule has 3 nitrogen and oxygen atoms in total. The first-order chi connectivity index (χ1) is 14.1. The Labute approximate surface area is 174 Å². The summed E-state index contributed by atoms with van der Waals surface area (Å²) < 4.78 is 8.18. The van der Waals surface area contributed by atoms with Gasteiger partial charge < -0.3 is 9.30 Å². The molecule has 3 rings (SSSR count). The Morgan fingerprint density at radius 2 is 1.69 bits per heavy atom. The minimum absolute atomic E-state index is 0.0948. The zero-order valence-corrected chi connectivity index (χ0v) is 18.0. The Kier molecular flexibility index (Phi) is 7.65. The number of para-hydroxylation sites is 1. The van der Waals surface area contributed by atoms with Crippen molar-refractivity contribution in [1.82, 2.24) is 4.57 Å². The highest BCUT2D eigenvalue weighted by atomic mass is 16.5. The van der Waals surface area contributed by atoms with Gasteiger partial charge in [-0.25, -0.2) is 0 Å². The molecule has 1 atom stereocenters. The standard InChI is InChI=1S/C26H33NO2/c1-4-5-6-12-18-29-19-17-20(2)27-21(3)25(23-15-10-11-16-24(23)27)26(28)22-13-8-7-9-14-22/h7-11,13-16,20H,4-6,12,17-19H2,1-3H3. The third kappa shape index (κ3) is 4.97. The molecule has 3 heteroatoms. The van der Waals surface area contributed by atoms with Crippen molar-refractivity contribution in [2.45, 2.75) is 58.9 Å². The number of hydrogen-bond donors (Lipinski definition) is 0. The lowest BCUT2D eigenvalue weighted by atomic mass is 10.0. The van der Waals surface area contributed by atoms with Crippen LogP contribution in [0.15, 0.2) is 54.6 Å². The van der Waals surface area contributed by atoms with Crippen LogP contribution < -0.4 is 0 Å². The lowest BCUT2D eigenvalue weighted by Gasteiger charge is -2.18. The van der Waals surface area contributed by atoms with Gasteiger partial charge in [0.1, 0.15) is 0 Å². The monoisotopic (exact) mass is 391 g/mol. The average Bonchev–Trinajstić information content (AvgIpc) is 3.05. The zero-order chi connectivity index (χ0) is 20.6. The Bertz CT molecular complexity index is 927. The van der Waals surface area contributed by atoms with E-state index in [1.807, 2.05) is 42.5 Å². The Hall–Kier alpha value is -2.39. The number of aromatic nitrogens is 1. The van der Waals surface area contributed by atoms with E-state index in [1.165, 1.54) is 19.3 Å². The van der Waals surface area contributed by atoms with Crippen molar-refractivity contribution in [2.24, 2.45) is 0 Å². The number of fused-ring (bicyclic) bond motifs is 1. The predicted molar refractivity (Wildman–Crippen MR) is 121 cm³/mol. The number of carbonyl (C=O) groups excluding carboxylic acids is 1. The van der Waals surface area contributed by atoms with Crippen molar-refractivity contribution in [2.75, 3.05) is 13.2 Å². The van der Waals surface area contributed by atoms with Crippen molar-refractivity contribution in [3.8, 4) is 0 Å². The fraction of sp³-hybridized carbons (Fsp3) is 0.423. The molecule has 0 saturated heterocycles. The van der Waals surface area contributed by atoms with E-state index in [9.17, 15) is 4.79 Å². The third-order valence-corrected chi connectivity index (χ3v) is 5.68. The minimum atomic E-state index is 0.0948. The number of nitrogens with zero attached hydrogens (tertiary/aromatic N) is 1. The molecule has 0 spiro atoms. The van der Waals surface area contributed by atoms with Gasteiger partial charge in [0, 0.05) is 41.4 Å². The number of carbonyl (C=O) groups is 1. The zero-order valence-electron chi connectivity index (χ0n) is 18.0. The van der Waals surface area contributed by atoms with Gasteiger partial charge >= 0.3 is 0 Å². The van der Waals surface area contributed by atoms with Crippen LogP contribution in [0.4, 0.5) is 0 Å². The van der Waals surface area contributed by atoms with Gasteiger partial charge in [-0.05, 0) is 32.8 Å². The van der Waals surface area contributed by atoms with E-state index in [2.05, 4.69) is 37.5 Å². The van der Waals surface area contributed by atoms with Gasteiger partial charge in [-0.15, -0.1) is 0 Å². The molecular formula is C26H33NO2. The normalized spacial score (nSPS) is 12.4. The molecule has 0 aliphatic carbocycles. The van der Waals surface area contributed by atoms with Crippen molar-refractivity contribution in [3.05, 3.63) is 71.4 Å². The summed E-state index contributed by atoms with van der Waals surface area (Å²) in [5.74, 6) is 0.0948. The molecule has 2 aromatic carbocycles. The summed E-state index contributed by atoms with van der Waals surface area (Å²) >= 11 is 0. The van der Waals surface area contributed by atoms with Crippen LogP contribution in [0.2, 0.25) is 0 Å². The third-order valence-electron chi connectivity index (χ3n) is 5.68. The second-order valence-corrected chi connectivity index (χ2v) is 7.85. The Morgan fingerprint density at radius 3 is 2.45 bits per heavy atom. The van der Waals surface area contributed by atoms with Crippen molar-refractivity contribution in [3.63, 3.8) is 0 Å². The maximum atomic E-state index is 13.3. The number of benzene rings is 2. The second kappa shape index (κ2) is 10.4. The molecule has 0 radical (unpaired) electrons. The molecule has 0 fully saturated rings. The second-order valence-electron chi connectivity index (χ2n) is 7.85. The highest BCUT2D eigenvalue weighted by Crippen LogP contribution is 2.31. The topological polar surface area (TPSA) is 31.2 Å². The van der Waals surface area contributed by atoms with E-state index in [0.717, 1.165) is 53.8 Å². The summed E-state index contributed by atoms with van der Waals surface area (Å²) in [5.41, 5.74) is 3.72. The van der Waals surface area contributed by atoms with Gasteiger partial charge in [0.05, 0.1) is 5.56 Å². The first-order valence-electron chi connectivity index (χ1n) is 10.9. The van der Waals surface area contributed by atoms with Crippen LogP contribution in [-0.2, 0) is 4.74 Å². The van der Waals surface area contributed by atoms with Gasteiger partial charge in [-0.1, -0.05) is 74.7 Å². The maximum absolute atomic E-state index is 13.3. The van der Waals surface area contributed by atoms with Gasteiger partial charge in [0.25, 0.3) is 0 Å². The van der Waals surface area contributed by atoms with E-state index >= 15 is 0 Å². The van der Waals surface area contributed by atoms with Crippen molar-refractivity contribution >= 4 is 16.7 Å². The van der Waals surface area contributed by atoms with Gasteiger partial charge in [0.2, 0.25) is 0 Å². The van der Waals surface area contributed by atoms with E-state index in [4.69, 9.17) is 4.74 Å². The van der Waals surface area contributed by atoms with Crippen LogP contribution in [0.25, 0.3) is 10.9 Å². The first kappa shape index (κ1) is 21.3. The molecule has 154 valence electrons. The number of unbranched alkanes of at least 4 members (excludes halogenated alkanes) is 3. The van der Waals surface area contributed by atoms with Crippen LogP contribution in [0.5, 0.6) is 0 Å². The maximum Gasteiger partial charge on any atom is 0.195 e. The summed E-state index contributed by atoms with van der Waals surface area (Å²) in [6.45, 7) is 8.11. The summed E-state index contributed by atoms with van der Waals surface area (Å²) in [4.78, 5) is 13.3. The Morgan fingerprint density at radius 1 is 0.966 bits per heavy atom. The molecule has 1 aromatic heterocycles. The van der Waals surface area contributed by atoms with E-state index in [-0.39, 0.29) is 11.8 Å². The van der Waals surface area contributed by atoms with Crippen LogP contribution >= 0.6 is 0 Å². The summed E-state index contributed by atoms with van der Waals surface area (Å²) in [6, 6.07) is 18.1. The molecule has 0 amide bonds. The molecule has 0 N–H and O–H groups in total. The van der Waals surface area contributed by atoms with E-state index in [1.54, 1.807) is 0 Å². The largest absolute Gasteiger partial charge is 0.381 e. The number of ether oxygens (including phenoxy) is 1. The lowest BCUT2D eigenvalue weighted by molar-refractivity contribution is 0.103. The molecule has 0 aliphatic rings. The number of ketones is 1. The van der Waals surface area contributed by atoms with Crippen LogP contribution in [0.1, 0.15) is 73.6 Å². The molecular weight excluding hydrogens is 358 g/mol. The highest BCUT2D eigenvalue weighted by molar-refractivity contribution is 6.17. The van der Waals surface area contributed by atoms with E-state index in [0.29, 0.717) is 0 Å². The smallest absolute Gasteiger partial charge is 0.195 e. The Balaban J connectivity index is 1.78. The van der Waals surface area contributed by atoms with E-state index < -0.39 is 0 Å². The van der Waals surface area contributed by atoms with Gasteiger partial charge in [0.15, 0.2) is 5.78 Å².